The summed E-state index contributed by atoms with van der Waals surface area (Å²) in [5.74, 6) is 1.61. The number of rotatable bonds is 3. The van der Waals surface area contributed by atoms with Crippen LogP contribution in [0.25, 0.3) is 11.0 Å². The van der Waals surface area contributed by atoms with Gasteiger partial charge >= 0.3 is 0 Å². The molecule has 0 spiro atoms. The van der Waals surface area contributed by atoms with Crippen LogP contribution in [0.15, 0.2) is 24.5 Å². The summed E-state index contributed by atoms with van der Waals surface area (Å²) >= 11 is 7.92. The van der Waals surface area contributed by atoms with Gasteiger partial charge in [-0.15, -0.1) is 11.6 Å². The Bertz CT molecular complexity index is 780. The highest BCUT2D eigenvalue weighted by Crippen LogP contribution is 2.23. The van der Waals surface area contributed by atoms with Gasteiger partial charge < -0.3 is 9.13 Å². The molecule has 2 heterocycles. The number of hydrogen-bond acceptors (Lipinski definition) is 2. The minimum absolute atomic E-state index is 0.250. The van der Waals surface area contributed by atoms with E-state index in [0.717, 1.165) is 16.9 Å². The van der Waals surface area contributed by atoms with Gasteiger partial charge in [0.1, 0.15) is 17.5 Å². The summed E-state index contributed by atoms with van der Waals surface area (Å²) in [5.41, 5.74) is 1.49. The number of aryl methyl sites for hydroxylation is 1. The molecule has 0 aliphatic carbocycles. The molecule has 0 bridgehead atoms. The van der Waals surface area contributed by atoms with Crippen molar-refractivity contribution in [1.82, 2.24) is 19.1 Å². The third-order valence-corrected chi connectivity index (χ3v) is 4.28. The van der Waals surface area contributed by atoms with Crippen molar-refractivity contribution in [3.05, 3.63) is 45.6 Å². The first-order chi connectivity index (χ1) is 9.60. The smallest absolute Gasteiger partial charge is 0.138 e. The van der Waals surface area contributed by atoms with Crippen LogP contribution in [0.1, 0.15) is 11.6 Å². The number of benzene rings is 1. The van der Waals surface area contributed by atoms with E-state index < -0.39 is 0 Å². The zero-order valence-corrected chi connectivity index (χ0v) is 13.6. The Morgan fingerprint density at radius 3 is 2.80 bits per heavy atom. The molecule has 0 radical (unpaired) electrons. The van der Waals surface area contributed by atoms with Gasteiger partial charge in [-0.1, -0.05) is 0 Å². The van der Waals surface area contributed by atoms with E-state index in [1.54, 1.807) is 12.3 Å². The molecule has 0 amide bonds. The van der Waals surface area contributed by atoms with Gasteiger partial charge in [0, 0.05) is 25.5 Å². The predicted octanol–water partition coefficient (Wildman–Crippen LogP) is 3.30. The molecule has 0 N–H and O–H groups in total. The standard InChI is InChI=1S/C13H11ClFIN4/c1-19-3-2-17-13(19)7-20-11-4-8(15)9(16)5-10(11)18-12(20)6-14/h2-5H,6-7H2,1H3. The Morgan fingerprint density at radius 1 is 1.35 bits per heavy atom. The van der Waals surface area contributed by atoms with Crippen LogP contribution in [0.4, 0.5) is 4.39 Å². The fourth-order valence-corrected chi connectivity index (χ4v) is 2.79. The molecular weight excluding hydrogens is 394 g/mol. The van der Waals surface area contributed by atoms with Crippen molar-refractivity contribution >= 4 is 45.2 Å². The average Bonchev–Trinajstić information content (AvgIpc) is 2.96. The maximum atomic E-state index is 13.8. The number of aromatic nitrogens is 4. The maximum absolute atomic E-state index is 13.8. The van der Waals surface area contributed by atoms with Crippen LogP contribution in [-0.4, -0.2) is 19.1 Å². The first kappa shape index (κ1) is 13.8. The molecule has 104 valence electrons. The van der Waals surface area contributed by atoms with Crippen LogP contribution >= 0.6 is 34.2 Å². The van der Waals surface area contributed by atoms with Gasteiger partial charge in [-0.05, 0) is 28.7 Å². The van der Waals surface area contributed by atoms with Crippen molar-refractivity contribution in [2.75, 3.05) is 0 Å². The summed E-state index contributed by atoms with van der Waals surface area (Å²) in [7, 11) is 1.92. The van der Waals surface area contributed by atoms with Crippen molar-refractivity contribution in [2.45, 2.75) is 12.4 Å². The van der Waals surface area contributed by atoms with Crippen molar-refractivity contribution in [3.63, 3.8) is 0 Å². The fourth-order valence-electron chi connectivity index (χ4n) is 2.14. The summed E-state index contributed by atoms with van der Waals surface area (Å²) in [6.45, 7) is 0.516. The lowest BCUT2D eigenvalue weighted by atomic mass is 10.3. The SMILES string of the molecule is Cn1ccnc1Cn1c(CCl)nc2cc(I)c(F)cc21. The predicted molar refractivity (Wildman–Crippen MR) is 84.3 cm³/mol. The number of imidazole rings is 2. The minimum Gasteiger partial charge on any atom is -0.337 e. The van der Waals surface area contributed by atoms with E-state index in [-0.39, 0.29) is 11.7 Å². The molecule has 0 saturated heterocycles. The van der Waals surface area contributed by atoms with E-state index in [9.17, 15) is 4.39 Å². The summed E-state index contributed by atoms with van der Waals surface area (Å²) in [6.07, 6.45) is 3.61. The third kappa shape index (κ3) is 2.31. The number of nitrogens with zero attached hydrogens (tertiary/aromatic N) is 4. The highest BCUT2D eigenvalue weighted by Gasteiger charge is 2.14. The molecule has 0 aliphatic rings. The molecule has 3 aromatic rings. The molecule has 4 nitrogen and oxygen atoms in total. The summed E-state index contributed by atoms with van der Waals surface area (Å²) in [4.78, 5) is 8.75. The van der Waals surface area contributed by atoms with Crippen molar-refractivity contribution in [2.24, 2.45) is 7.05 Å². The Labute approximate surface area is 133 Å². The van der Waals surface area contributed by atoms with Crippen LogP contribution in [0.3, 0.4) is 0 Å². The second-order valence-corrected chi connectivity index (χ2v) is 5.89. The molecule has 3 rings (SSSR count). The molecule has 20 heavy (non-hydrogen) atoms. The van der Waals surface area contributed by atoms with Gasteiger partial charge in [0.25, 0.3) is 0 Å². The Kier molecular flexibility index (Phi) is 3.68. The number of alkyl halides is 1. The van der Waals surface area contributed by atoms with Crippen LogP contribution < -0.4 is 0 Å². The Morgan fingerprint density at radius 2 is 2.15 bits per heavy atom. The topological polar surface area (TPSA) is 35.6 Å². The van der Waals surface area contributed by atoms with E-state index in [4.69, 9.17) is 11.6 Å². The molecule has 2 aromatic heterocycles. The van der Waals surface area contributed by atoms with E-state index >= 15 is 0 Å². The lowest BCUT2D eigenvalue weighted by molar-refractivity contribution is 0.620. The van der Waals surface area contributed by atoms with Crippen LogP contribution in [0.5, 0.6) is 0 Å². The number of hydrogen-bond donors (Lipinski definition) is 0. The summed E-state index contributed by atoms with van der Waals surface area (Å²) in [6, 6.07) is 3.24. The van der Waals surface area contributed by atoms with Gasteiger partial charge in [0.15, 0.2) is 0 Å². The van der Waals surface area contributed by atoms with Crippen molar-refractivity contribution in [1.29, 1.82) is 0 Å². The summed E-state index contributed by atoms with van der Waals surface area (Å²) in [5, 5.41) is 0. The maximum Gasteiger partial charge on any atom is 0.138 e. The van der Waals surface area contributed by atoms with Crippen LogP contribution in [0.2, 0.25) is 0 Å². The second-order valence-electron chi connectivity index (χ2n) is 4.46. The highest BCUT2D eigenvalue weighted by molar-refractivity contribution is 14.1. The first-order valence-electron chi connectivity index (χ1n) is 5.96. The minimum atomic E-state index is -0.250. The molecule has 0 saturated carbocycles. The number of fused-ring (bicyclic) bond motifs is 1. The summed E-state index contributed by atoms with van der Waals surface area (Å²) < 4.78 is 18.2. The van der Waals surface area contributed by atoms with Crippen LogP contribution in [-0.2, 0) is 19.5 Å². The van der Waals surface area contributed by atoms with Crippen LogP contribution in [0, 0.1) is 9.39 Å². The third-order valence-electron chi connectivity index (χ3n) is 3.21. The lowest BCUT2D eigenvalue weighted by Crippen LogP contribution is -2.08. The molecule has 7 heteroatoms. The molecule has 0 aliphatic heterocycles. The van der Waals surface area contributed by atoms with Gasteiger partial charge in [-0.2, -0.15) is 0 Å². The van der Waals surface area contributed by atoms with E-state index in [0.29, 0.717) is 15.9 Å². The monoisotopic (exact) mass is 404 g/mol. The zero-order chi connectivity index (χ0) is 14.3. The molecule has 1 aromatic carbocycles. The van der Waals surface area contributed by atoms with Gasteiger partial charge in [-0.25, -0.2) is 14.4 Å². The normalized spacial score (nSPS) is 11.4. The van der Waals surface area contributed by atoms with Crippen molar-refractivity contribution in [3.8, 4) is 0 Å². The van der Waals surface area contributed by atoms with Gasteiger partial charge in [-0.3, -0.25) is 0 Å². The lowest BCUT2D eigenvalue weighted by Gasteiger charge is -2.08. The zero-order valence-electron chi connectivity index (χ0n) is 10.6. The Hall–Kier alpha value is -1.15. The molecule has 0 fully saturated rings. The molecular formula is C13H11ClFIN4. The first-order valence-corrected chi connectivity index (χ1v) is 7.58. The molecule has 0 atom stereocenters. The van der Waals surface area contributed by atoms with E-state index in [2.05, 4.69) is 9.97 Å². The fraction of sp³-hybridized carbons (Fsp3) is 0.231. The van der Waals surface area contributed by atoms with Gasteiger partial charge in [0.2, 0.25) is 0 Å². The van der Waals surface area contributed by atoms with Crippen molar-refractivity contribution < 1.29 is 4.39 Å². The second kappa shape index (κ2) is 5.33. The van der Waals surface area contributed by atoms with Gasteiger partial charge in [0.05, 0.1) is 27.0 Å². The number of halogens is 3. The average molecular weight is 405 g/mol. The Balaban J connectivity index is 2.17. The molecule has 0 unspecified atom stereocenters. The van der Waals surface area contributed by atoms with E-state index in [1.165, 1.54) is 6.07 Å². The highest BCUT2D eigenvalue weighted by atomic mass is 127. The van der Waals surface area contributed by atoms with E-state index in [1.807, 2.05) is 45.0 Å². The largest absolute Gasteiger partial charge is 0.337 e. The quantitative estimate of drug-likeness (QED) is 0.496.